The molecule has 0 aliphatic carbocycles. The van der Waals surface area contributed by atoms with Gasteiger partial charge in [-0.25, -0.2) is 9.38 Å². The molecule has 0 aliphatic heterocycles. The second kappa shape index (κ2) is 4.82. The Kier molecular flexibility index (Phi) is 3.71. The Balaban J connectivity index is 2.83. The van der Waals surface area contributed by atoms with Crippen LogP contribution in [0.2, 0.25) is 5.02 Å². The first-order valence-corrected chi connectivity index (χ1v) is 4.21. The van der Waals surface area contributed by atoms with Crippen molar-refractivity contribution in [3.05, 3.63) is 29.0 Å². The van der Waals surface area contributed by atoms with Crippen molar-refractivity contribution in [2.45, 2.75) is 6.92 Å². The molecule has 1 rings (SSSR count). The van der Waals surface area contributed by atoms with Crippen LogP contribution >= 0.6 is 11.6 Å². The van der Waals surface area contributed by atoms with Gasteiger partial charge in [0.2, 0.25) is 0 Å². The van der Waals surface area contributed by atoms with Crippen LogP contribution in [0.4, 0.5) is 10.1 Å². The summed E-state index contributed by atoms with van der Waals surface area (Å²) in [7, 11) is 0. The maximum atomic E-state index is 13.1. The molecule has 1 aromatic rings. The third-order valence-electron chi connectivity index (χ3n) is 1.36. The predicted molar refractivity (Wildman–Crippen MR) is 51.2 cm³/mol. The normalized spacial score (nSPS) is 10.7. The van der Waals surface area contributed by atoms with Crippen molar-refractivity contribution in [3.8, 4) is 0 Å². The fourth-order valence-electron chi connectivity index (χ4n) is 0.761. The highest BCUT2D eigenvalue weighted by molar-refractivity contribution is 6.31. The van der Waals surface area contributed by atoms with E-state index in [1.165, 1.54) is 18.5 Å². The molecule has 0 amide bonds. The minimum absolute atomic E-state index is 0.0612. The maximum absolute atomic E-state index is 13.1. The molecule has 0 aromatic heterocycles. The van der Waals surface area contributed by atoms with Gasteiger partial charge in [-0.3, -0.25) is 0 Å². The summed E-state index contributed by atoms with van der Waals surface area (Å²) in [6.45, 7) is 2.33. The van der Waals surface area contributed by atoms with E-state index in [4.69, 9.17) is 16.3 Å². The lowest BCUT2D eigenvalue weighted by Gasteiger charge is -1.97. The van der Waals surface area contributed by atoms with Gasteiger partial charge in [-0.05, 0) is 19.1 Å². The maximum Gasteiger partial charge on any atom is 0.174 e. The number of rotatable bonds is 3. The second-order valence-corrected chi connectivity index (χ2v) is 2.67. The van der Waals surface area contributed by atoms with Gasteiger partial charge >= 0.3 is 0 Å². The van der Waals surface area contributed by atoms with Gasteiger partial charge in [-0.15, -0.1) is 0 Å². The van der Waals surface area contributed by atoms with Gasteiger partial charge in [0.05, 0.1) is 11.6 Å². The van der Waals surface area contributed by atoms with Crippen LogP contribution in [0, 0.1) is 5.82 Å². The van der Waals surface area contributed by atoms with Crippen LogP contribution in [0.3, 0.4) is 0 Å². The quantitative estimate of drug-likeness (QED) is 0.544. The summed E-state index contributed by atoms with van der Waals surface area (Å²) in [5.74, 6) is -0.528. The Bertz CT molecular complexity index is 314. The molecule has 1 aromatic carbocycles. The average Bonchev–Trinajstić information content (AvgIpc) is 2.13. The number of aliphatic imine (C=N–C) groups is 1. The zero-order chi connectivity index (χ0) is 9.68. The van der Waals surface area contributed by atoms with E-state index in [2.05, 4.69) is 4.99 Å². The molecule has 0 heterocycles. The molecular formula is C9H9ClFNO. The van der Waals surface area contributed by atoms with Gasteiger partial charge in [0.25, 0.3) is 0 Å². The summed E-state index contributed by atoms with van der Waals surface area (Å²) in [4.78, 5) is 3.75. The molecule has 0 fully saturated rings. The SMILES string of the molecule is CCOC=Nc1cccc(Cl)c1F. The lowest BCUT2D eigenvalue weighted by Crippen LogP contribution is -1.85. The molecule has 13 heavy (non-hydrogen) atoms. The first-order chi connectivity index (χ1) is 6.25. The molecule has 0 atom stereocenters. The van der Waals surface area contributed by atoms with Crippen molar-refractivity contribution in [1.29, 1.82) is 0 Å². The highest BCUT2D eigenvalue weighted by Crippen LogP contribution is 2.23. The summed E-state index contributed by atoms with van der Waals surface area (Å²) in [6, 6.07) is 4.62. The number of halogens is 2. The molecule has 0 saturated carbocycles. The molecule has 4 heteroatoms. The first-order valence-electron chi connectivity index (χ1n) is 3.84. The molecule has 0 unspecified atom stereocenters. The smallest absolute Gasteiger partial charge is 0.174 e. The Morgan fingerprint density at radius 1 is 1.62 bits per heavy atom. The van der Waals surface area contributed by atoms with E-state index < -0.39 is 5.82 Å². The minimum Gasteiger partial charge on any atom is -0.483 e. The van der Waals surface area contributed by atoms with Crippen LogP contribution in [0.1, 0.15) is 6.92 Å². The molecule has 0 saturated heterocycles. The Labute approximate surface area is 81.0 Å². The van der Waals surface area contributed by atoms with Gasteiger partial charge < -0.3 is 4.74 Å². The van der Waals surface area contributed by atoms with Gasteiger partial charge in [0.1, 0.15) is 5.69 Å². The van der Waals surface area contributed by atoms with Gasteiger partial charge in [0, 0.05) is 0 Å². The predicted octanol–water partition coefficient (Wildman–Crippen LogP) is 3.18. The van der Waals surface area contributed by atoms with Crippen molar-refractivity contribution >= 4 is 23.7 Å². The first kappa shape index (κ1) is 9.99. The summed E-state index contributed by atoms with van der Waals surface area (Å²) < 4.78 is 18.0. The van der Waals surface area contributed by atoms with E-state index in [1.54, 1.807) is 6.07 Å². The lowest BCUT2D eigenvalue weighted by molar-refractivity contribution is 0.344. The molecule has 70 valence electrons. The summed E-state index contributed by atoms with van der Waals surface area (Å²) >= 11 is 5.54. The van der Waals surface area contributed by atoms with Crippen LogP contribution in [-0.2, 0) is 4.74 Å². The van der Waals surface area contributed by atoms with Crippen LogP contribution in [0.25, 0.3) is 0 Å². The van der Waals surface area contributed by atoms with E-state index in [0.29, 0.717) is 6.61 Å². The third-order valence-corrected chi connectivity index (χ3v) is 1.66. The van der Waals surface area contributed by atoms with Crippen LogP contribution < -0.4 is 0 Å². The molecule has 2 nitrogen and oxygen atoms in total. The lowest BCUT2D eigenvalue weighted by atomic mass is 10.3. The van der Waals surface area contributed by atoms with E-state index in [0.717, 1.165) is 0 Å². The molecule has 0 aliphatic rings. The van der Waals surface area contributed by atoms with E-state index in [9.17, 15) is 4.39 Å². The Morgan fingerprint density at radius 3 is 3.08 bits per heavy atom. The zero-order valence-corrected chi connectivity index (χ0v) is 7.88. The van der Waals surface area contributed by atoms with Crippen molar-refractivity contribution in [2.24, 2.45) is 4.99 Å². The molecular weight excluding hydrogens is 193 g/mol. The fourth-order valence-corrected chi connectivity index (χ4v) is 0.930. The van der Waals surface area contributed by atoms with Gasteiger partial charge in [-0.2, -0.15) is 0 Å². The highest BCUT2D eigenvalue weighted by atomic mass is 35.5. The van der Waals surface area contributed by atoms with E-state index >= 15 is 0 Å². The van der Waals surface area contributed by atoms with Crippen molar-refractivity contribution in [1.82, 2.24) is 0 Å². The topological polar surface area (TPSA) is 21.6 Å². The Morgan fingerprint density at radius 2 is 2.38 bits per heavy atom. The summed E-state index contributed by atoms with van der Waals surface area (Å²) in [5, 5.41) is 0.0612. The van der Waals surface area contributed by atoms with Crippen molar-refractivity contribution in [2.75, 3.05) is 6.61 Å². The zero-order valence-electron chi connectivity index (χ0n) is 7.13. The molecule has 0 N–H and O–H groups in total. The largest absolute Gasteiger partial charge is 0.483 e. The minimum atomic E-state index is -0.528. The standard InChI is InChI=1S/C9H9ClFNO/c1-2-13-6-12-8-5-3-4-7(10)9(8)11/h3-6H,2H2,1H3. The number of nitrogens with zero attached hydrogens (tertiary/aromatic N) is 1. The monoisotopic (exact) mass is 201 g/mol. The van der Waals surface area contributed by atoms with Crippen molar-refractivity contribution in [3.63, 3.8) is 0 Å². The van der Waals surface area contributed by atoms with Gasteiger partial charge in [-0.1, -0.05) is 17.7 Å². The average molecular weight is 202 g/mol. The molecule has 0 bridgehead atoms. The van der Waals surface area contributed by atoms with E-state index in [1.807, 2.05) is 6.92 Å². The second-order valence-electron chi connectivity index (χ2n) is 2.26. The van der Waals surface area contributed by atoms with Crippen LogP contribution in [0.15, 0.2) is 23.2 Å². The van der Waals surface area contributed by atoms with Crippen LogP contribution in [0.5, 0.6) is 0 Å². The molecule has 0 spiro atoms. The number of ether oxygens (including phenoxy) is 1. The summed E-state index contributed by atoms with van der Waals surface area (Å²) in [6.07, 6.45) is 1.20. The number of hydrogen-bond acceptors (Lipinski definition) is 2. The number of benzene rings is 1. The summed E-state index contributed by atoms with van der Waals surface area (Å²) in [5.41, 5.74) is 0.181. The highest BCUT2D eigenvalue weighted by Gasteiger charge is 2.03. The van der Waals surface area contributed by atoms with Crippen LogP contribution in [-0.4, -0.2) is 13.0 Å². The van der Waals surface area contributed by atoms with Crippen molar-refractivity contribution < 1.29 is 9.13 Å². The number of hydrogen-bond donors (Lipinski definition) is 0. The van der Waals surface area contributed by atoms with E-state index in [-0.39, 0.29) is 10.7 Å². The van der Waals surface area contributed by atoms with Gasteiger partial charge in [0.15, 0.2) is 12.2 Å². The third kappa shape index (κ3) is 2.70. The Hall–Kier alpha value is -1.09. The fraction of sp³-hybridized carbons (Fsp3) is 0.222. The molecule has 0 radical (unpaired) electrons.